The van der Waals surface area contributed by atoms with Gasteiger partial charge in [-0.25, -0.2) is 0 Å². The molecular formula is C31H49BrOSiSn. The number of unbranched alkanes of at least 4 members (excludes halogenated alkanes) is 4. The average Bonchev–Trinajstić information content (AvgIpc) is 2.91. The van der Waals surface area contributed by atoms with E-state index in [0.29, 0.717) is 11.8 Å². The maximum atomic E-state index is 13.8. The molecule has 2 aromatic rings. The van der Waals surface area contributed by atoms with E-state index >= 15 is 0 Å². The fourth-order valence-corrected chi connectivity index (χ4v) is 30.1. The van der Waals surface area contributed by atoms with Crippen molar-refractivity contribution >= 4 is 58.2 Å². The van der Waals surface area contributed by atoms with Gasteiger partial charge in [-0.1, -0.05) is 0 Å². The van der Waals surface area contributed by atoms with E-state index < -0.39 is 26.5 Å². The van der Waals surface area contributed by atoms with Gasteiger partial charge in [-0.3, -0.25) is 0 Å². The molecule has 0 saturated heterocycles. The average molecular weight is 664 g/mol. The van der Waals surface area contributed by atoms with Gasteiger partial charge in [-0.05, 0) is 0 Å². The summed E-state index contributed by atoms with van der Waals surface area (Å²) in [5.74, 6) is 0. The Balaban J connectivity index is 2.07. The molecule has 35 heavy (non-hydrogen) atoms. The molecule has 0 bridgehead atoms. The molecule has 1 unspecified atom stereocenters. The summed E-state index contributed by atoms with van der Waals surface area (Å²) in [6, 6.07) is 21.1. The first-order valence-electron chi connectivity index (χ1n) is 14.2. The molecule has 1 atom stereocenters. The zero-order valence-electron chi connectivity index (χ0n) is 22.8. The van der Waals surface area contributed by atoms with Crippen molar-refractivity contribution in [3.05, 3.63) is 60.7 Å². The number of carbonyl (C=O) groups is 1. The molecule has 0 aromatic heterocycles. The third-order valence-electron chi connectivity index (χ3n) is 8.12. The summed E-state index contributed by atoms with van der Waals surface area (Å²) in [7, 11) is -2.41. The van der Waals surface area contributed by atoms with E-state index in [1.165, 1.54) is 61.7 Å². The monoisotopic (exact) mass is 664 g/mol. The summed E-state index contributed by atoms with van der Waals surface area (Å²) < 4.78 is 5.41. The zero-order chi connectivity index (χ0) is 25.6. The summed E-state index contributed by atoms with van der Waals surface area (Å²) in [6.07, 6.45) is 12.4. The number of alkyl halides is 1. The van der Waals surface area contributed by atoms with Gasteiger partial charge in [0.05, 0.1) is 0 Å². The van der Waals surface area contributed by atoms with Crippen LogP contribution in [0.2, 0.25) is 19.9 Å². The van der Waals surface area contributed by atoms with Crippen LogP contribution in [-0.2, 0) is 4.79 Å². The van der Waals surface area contributed by atoms with E-state index in [1.54, 1.807) is 13.3 Å². The van der Waals surface area contributed by atoms with Gasteiger partial charge in [0.25, 0.3) is 0 Å². The van der Waals surface area contributed by atoms with E-state index in [4.69, 9.17) is 0 Å². The molecule has 0 aliphatic carbocycles. The van der Waals surface area contributed by atoms with Crippen molar-refractivity contribution in [1.82, 2.24) is 0 Å². The molecule has 2 rings (SSSR count). The Hall–Kier alpha value is -0.394. The molecule has 2 aromatic carbocycles. The summed E-state index contributed by atoms with van der Waals surface area (Å²) >= 11 is 2.05. The van der Waals surface area contributed by atoms with Crippen LogP contribution in [0.15, 0.2) is 60.7 Å². The molecule has 0 heterocycles. The second-order valence-electron chi connectivity index (χ2n) is 10.7. The number of carbonyl (C=O) groups excluding carboxylic acids is 1. The van der Waals surface area contributed by atoms with Crippen molar-refractivity contribution in [2.45, 2.75) is 108 Å². The van der Waals surface area contributed by atoms with Crippen molar-refractivity contribution in [3.63, 3.8) is 0 Å². The molecule has 0 amide bonds. The first kappa shape index (κ1) is 30.8. The van der Waals surface area contributed by atoms with Crippen molar-refractivity contribution in [1.29, 1.82) is 0 Å². The SMILES string of the molecule is CCC[CH2][Sn]([CH2]CCC)([CH2]CCC)[CH](Br)CCCCC(=O)[Si](C)(c1ccccc1)c1ccccc1. The molecule has 0 spiro atoms. The Kier molecular flexibility index (Phi) is 14.5. The molecule has 0 fully saturated rings. The van der Waals surface area contributed by atoms with Crippen molar-refractivity contribution in [2.24, 2.45) is 0 Å². The molecule has 0 aliphatic rings. The first-order valence-corrected chi connectivity index (χ1v) is 25.3. The van der Waals surface area contributed by atoms with Crippen LogP contribution >= 0.6 is 15.9 Å². The molecule has 0 radical (unpaired) electrons. The summed E-state index contributed by atoms with van der Waals surface area (Å²) in [5, 5.41) is 2.96. The molecule has 4 heteroatoms. The Morgan fingerprint density at radius 1 is 0.743 bits per heavy atom. The van der Waals surface area contributed by atoms with E-state index in [-0.39, 0.29) is 0 Å². The molecule has 0 saturated carbocycles. The molecule has 0 N–H and O–H groups in total. The molecule has 1 nitrogen and oxygen atoms in total. The van der Waals surface area contributed by atoms with Gasteiger partial charge < -0.3 is 0 Å². The van der Waals surface area contributed by atoms with Gasteiger partial charge >= 0.3 is 231 Å². The summed E-state index contributed by atoms with van der Waals surface area (Å²) in [5.41, 5.74) is 0. The Labute approximate surface area is 229 Å². The topological polar surface area (TPSA) is 17.1 Å². The third kappa shape index (κ3) is 8.85. The summed E-state index contributed by atoms with van der Waals surface area (Å²) in [6.45, 7) is 9.32. The minimum absolute atomic E-state index is 0.485. The maximum absolute atomic E-state index is 13.8. The standard InChI is InChI=1S/C19H22BrOSi.3C4H9.Sn/c1-22(17-11-5-2-6-12-17,18-13-7-3-8-14-18)19(21)15-9-4-10-16-20;3*1-3-4-2;/h2-3,5-8,11-14,16H,4,9-10,15H2,1H3;3*1,3-4H2,2H3;. The molecule has 0 aliphatic heterocycles. The summed E-state index contributed by atoms with van der Waals surface area (Å²) in [4.78, 5) is 13.8. The van der Waals surface area contributed by atoms with E-state index in [2.05, 4.69) is 104 Å². The second kappa shape index (κ2) is 16.4. The second-order valence-corrected chi connectivity index (χ2v) is 32.2. The number of benzene rings is 2. The van der Waals surface area contributed by atoms with E-state index in [9.17, 15) is 4.79 Å². The predicted molar refractivity (Wildman–Crippen MR) is 165 cm³/mol. The number of rotatable bonds is 18. The van der Waals surface area contributed by atoms with Crippen LogP contribution in [-0.4, -0.2) is 34.7 Å². The van der Waals surface area contributed by atoms with E-state index in [1.807, 2.05) is 0 Å². The predicted octanol–water partition coefficient (Wildman–Crippen LogP) is 8.70. The van der Waals surface area contributed by atoms with Crippen LogP contribution in [0, 0.1) is 0 Å². The third-order valence-corrected chi connectivity index (χ3v) is 35.6. The Morgan fingerprint density at radius 3 is 1.57 bits per heavy atom. The number of hydrogen-bond acceptors (Lipinski definition) is 1. The molecular weight excluding hydrogens is 615 g/mol. The van der Waals surface area contributed by atoms with Crippen molar-refractivity contribution < 1.29 is 4.79 Å². The van der Waals surface area contributed by atoms with Gasteiger partial charge in [0.15, 0.2) is 0 Å². The van der Waals surface area contributed by atoms with Crippen molar-refractivity contribution in [2.75, 3.05) is 0 Å². The van der Waals surface area contributed by atoms with Crippen LogP contribution in [0.25, 0.3) is 0 Å². The number of hydrogen-bond donors (Lipinski definition) is 0. The van der Waals surface area contributed by atoms with E-state index in [0.717, 1.165) is 9.26 Å². The van der Waals surface area contributed by atoms with Crippen molar-refractivity contribution in [3.8, 4) is 0 Å². The Morgan fingerprint density at radius 2 is 1.17 bits per heavy atom. The van der Waals surface area contributed by atoms with Gasteiger partial charge in [0.1, 0.15) is 0 Å². The van der Waals surface area contributed by atoms with Gasteiger partial charge in [0.2, 0.25) is 0 Å². The van der Waals surface area contributed by atoms with Crippen LogP contribution < -0.4 is 10.4 Å². The van der Waals surface area contributed by atoms with Gasteiger partial charge in [-0.15, -0.1) is 0 Å². The van der Waals surface area contributed by atoms with Crippen LogP contribution in [0.3, 0.4) is 0 Å². The van der Waals surface area contributed by atoms with Crippen LogP contribution in [0.4, 0.5) is 0 Å². The zero-order valence-corrected chi connectivity index (χ0v) is 28.3. The van der Waals surface area contributed by atoms with Crippen LogP contribution in [0.5, 0.6) is 0 Å². The minimum atomic E-state index is -2.41. The van der Waals surface area contributed by atoms with Gasteiger partial charge in [-0.2, -0.15) is 0 Å². The fraction of sp³-hybridized carbons (Fsp3) is 0.581. The Bertz CT molecular complexity index is 780. The van der Waals surface area contributed by atoms with Gasteiger partial charge in [0, 0.05) is 0 Å². The fourth-order valence-electron chi connectivity index (χ4n) is 5.63. The molecule has 194 valence electrons. The number of halogens is 1. The quantitative estimate of drug-likeness (QED) is 0.0886. The normalized spacial score (nSPS) is 13.1. The first-order chi connectivity index (χ1) is 16.9. The van der Waals surface area contributed by atoms with Crippen LogP contribution in [0.1, 0.15) is 85.0 Å².